The minimum absolute atomic E-state index is 0.00453. The number of hydrogen-bond donors (Lipinski definition) is 1. The fourth-order valence-electron chi connectivity index (χ4n) is 3.87. The van der Waals surface area contributed by atoms with Crippen LogP contribution in [0, 0.1) is 6.92 Å². The molecule has 1 saturated heterocycles. The van der Waals surface area contributed by atoms with E-state index in [1.165, 1.54) is 30.3 Å². The fourth-order valence-corrected chi connectivity index (χ4v) is 5.79. The zero-order chi connectivity index (χ0) is 26.6. The highest BCUT2D eigenvalue weighted by molar-refractivity contribution is 7.92. The second-order valence-electron chi connectivity index (χ2n) is 8.45. The van der Waals surface area contributed by atoms with E-state index in [2.05, 4.69) is 5.32 Å². The first-order valence-electron chi connectivity index (χ1n) is 11.5. The number of para-hydroxylation sites is 1. The lowest BCUT2D eigenvalue weighted by Gasteiger charge is -2.28. The van der Waals surface area contributed by atoms with Gasteiger partial charge in [-0.05, 0) is 49.4 Å². The standard InChI is InChI=1S/C26H25Cl2N3O5S/c1-18-6-8-22(9-7-18)37(34,35)31(21-15-19(27)14-20(28)16-21)17-25(32)29-24-5-3-2-4-23(24)26(33)30-10-12-36-13-11-30/h2-9,14-16H,10-13,17H2,1H3,(H,29,32). The summed E-state index contributed by atoms with van der Waals surface area (Å²) in [5, 5.41) is 3.14. The highest BCUT2D eigenvalue weighted by Gasteiger charge is 2.29. The molecule has 1 heterocycles. The lowest BCUT2D eigenvalue weighted by molar-refractivity contribution is -0.114. The lowest BCUT2D eigenvalue weighted by Crippen LogP contribution is -2.41. The van der Waals surface area contributed by atoms with Crippen molar-refractivity contribution in [2.24, 2.45) is 0 Å². The number of nitrogens with one attached hydrogen (secondary N) is 1. The number of carbonyl (C=O) groups excluding carboxylic acids is 2. The first-order chi connectivity index (χ1) is 17.6. The summed E-state index contributed by atoms with van der Waals surface area (Å²) < 4.78 is 33.5. The van der Waals surface area contributed by atoms with E-state index in [-0.39, 0.29) is 32.2 Å². The Morgan fingerprint density at radius 2 is 1.59 bits per heavy atom. The molecular weight excluding hydrogens is 537 g/mol. The van der Waals surface area contributed by atoms with Gasteiger partial charge in [-0.2, -0.15) is 0 Å². The summed E-state index contributed by atoms with van der Waals surface area (Å²) in [7, 11) is -4.17. The molecule has 0 saturated carbocycles. The van der Waals surface area contributed by atoms with Gasteiger partial charge >= 0.3 is 0 Å². The van der Waals surface area contributed by atoms with E-state index in [1.54, 1.807) is 41.3 Å². The third kappa shape index (κ3) is 6.42. The first kappa shape index (κ1) is 26.9. The topological polar surface area (TPSA) is 96.0 Å². The Balaban J connectivity index is 1.64. The molecule has 0 unspecified atom stereocenters. The summed E-state index contributed by atoms with van der Waals surface area (Å²) in [6.45, 7) is 3.03. The lowest BCUT2D eigenvalue weighted by atomic mass is 10.1. The summed E-state index contributed by atoms with van der Waals surface area (Å²) in [4.78, 5) is 28.0. The Kier molecular flexibility index (Phi) is 8.39. The molecule has 3 aromatic rings. The minimum atomic E-state index is -4.17. The van der Waals surface area contributed by atoms with Crippen LogP contribution in [0.4, 0.5) is 11.4 Å². The number of sulfonamides is 1. The molecule has 11 heteroatoms. The molecular formula is C26H25Cl2N3O5S. The predicted molar refractivity (Wildman–Crippen MR) is 144 cm³/mol. The molecule has 4 rings (SSSR count). The highest BCUT2D eigenvalue weighted by Crippen LogP contribution is 2.30. The van der Waals surface area contributed by atoms with Gasteiger partial charge in [0.2, 0.25) is 5.91 Å². The Bertz CT molecular complexity index is 1390. The molecule has 1 aliphatic heterocycles. The normalized spacial score (nSPS) is 13.8. The molecule has 1 aliphatic rings. The molecule has 0 aliphatic carbocycles. The van der Waals surface area contributed by atoms with E-state index in [0.29, 0.717) is 31.9 Å². The van der Waals surface area contributed by atoms with Crippen LogP contribution in [0.1, 0.15) is 15.9 Å². The molecule has 2 amide bonds. The number of anilines is 2. The van der Waals surface area contributed by atoms with Crippen LogP contribution in [0.15, 0.2) is 71.6 Å². The van der Waals surface area contributed by atoms with Crippen molar-refractivity contribution in [3.05, 3.63) is 87.9 Å². The van der Waals surface area contributed by atoms with Gasteiger partial charge < -0.3 is 15.0 Å². The van der Waals surface area contributed by atoms with Crippen molar-refractivity contribution in [3.8, 4) is 0 Å². The number of nitrogens with zero attached hydrogens (tertiary/aromatic N) is 2. The zero-order valence-corrected chi connectivity index (χ0v) is 22.3. The number of halogens is 2. The molecule has 0 bridgehead atoms. The quantitative estimate of drug-likeness (QED) is 0.454. The van der Waals surface area contributed by atoms with E-state index < -0.39 is 22.5 Å². The van der Waals surface area contributed by atoms with Gasteiger partial charge in [0.25, 0.3) is 15.9 Å². The number of benzene rings is 3. The average Bonchev–Trinajstić information content (AvgIpc) is 2.87. The molecule has 0 atom stereocenters. The number of rotatable bonds is 7. The monoisotopic (exact) mass is 561 g/mol. The Hall–Kier alpha value is -3.11. The number of ether oxygens (including phenoxy) is 1. The van der Waals surface area contributed by atoms with E-state index in [0.717, 1.165) is 9.87 Å². The largest absolute Gasteiger partial charge is 0.378 e. The third-order valence-corrected chi connectivity index (χ3v) is 7.99. The van der Waals surface area contributed by atoms with Gasteiger partial charge in [0.1, 0.15) is 6.54 Å². The SMILES string of the molecule is Cc1ccc(S(=O)(=O)N(CC(=O)Nc2ccccc2C(=O)N2CCOCC2)c2cc(Cl)cc(Cl)c2)cc1. The van der Waals surface area contributed by atoms with Crippen LogP contribution < -0.4 is 9.62 Å². The van der Waals surface area contributed by atoms with Crippen molar-refractivity contribution < 1.29 is 22.7 Å². The Labute approximate surface area is 225 Å². The number of carbonyl (C=O) groups is 2. The molecule has 0 aromatic heterocycles. The maximum absolute atomic E-state index is 13.6. The van der Waals surface area contributed by atoms with Crippen molar-refractivity contribution in [3.63, 3.8) is 0 Å². The van der Waals surface area contributed by atoms with Crippen molar-refractivity contribution in [1.29, 1.82) is 0 Å². The van der Waals surface area contributed by atoms with Gasteiger partial charge in [-0.25, -0.2) is 8.42 Å². The molecule has 194 valence electrons. The van der Waals surface area contributed by atoms with Crippen molar-refractivity contribution in [2.75, 3.05) is 42.5 Å². The molecule has 3 aromatic carbocycles. The smallest absolute Gasteiger partial charge is 0.264 e. The van der Waals surface area contributed by atoms with Gasteiger partial charge in [0.15, 0.2) is 0 Å². The van der Waals surface area contributed by atoms with E-state index in [1.807, 2.05) is 6.92 Å². The summed E-state index contributed by atoms with van der Waals surface area (Å²) in [6.07, 6.45) is 0. The summed E-state index contributed by atoms with van der Waals surface area (Å²) in [6, 6.07) is 17.2. The zero-order valence-electron chi connectivity index (χ0n) is 20.0. The third-order valence-electron chi connectivity index (χ3n) is 5.76. The maximum Gasteiger partial charge on any atom is 0.264 e. The van der Waals surface area contributed by atoms with Crippen molar-refractivity contribution in [1.82, 2.24) is 4.90 Å². The molecule has 1 N–H and O–H groups in total. The van der Waals surface area contributed by atoms with Crippen LogP contribution in [0.3, 0.4) is 0 Å². The molecule has 0 radical (unpaired) electrons. The van der Waals surface area contributed by atoms with Crippen molar-refractivity contribution >= 4 is 56.4 Å². The van der Waals surface area contributed by atoms with Gasteiger partial charge in [0.05, 0.1) is 35.0 Å². The molecule has 37 heavy (non-hydrogen) atoms. The van der Waals surface area contributed by atoms with Gasteiger partial charge in [0, 0.05) is 23.1 Å². The van der Waals surface area contributed by atoms with Crippen molar-refractivity contribution in [2.45, 2.75) is 11.8 Å². The minimum Gasteiger partial charge on any atom is -0.378 e. The number of morpholine rings is 1. The number of amides is 2. The van der Waals surface area contributed by atoms with E-state index in [9.17, 15) is 18.0 Å². The summed E-state index contributed by atoms with van der Waals surface area (Å²) in [5.74, 6) is -0.890. The Morgan fingerprint density at radius 3 is 2.24 bits per heavy atom. The molecule has 8 nitrogen and oxygen atoms in total. The number of aryl methyl sites for hydroxylation is 1. The van der Waals surface area contributed by atoms with Crippen LogP contribution in [0.5, 0.6) is 0 Å². The van der Waals surface area contributed by atoms with E-state index in [4.69, 9.17) is 27.9 Å². The van der Waals surface area contributed by atoms with Crippen LogP contribution >= 0.6 is 23.2 Å². The first-order valence-corrected chi connectivity index (χ1v) is 13.7. The second kappa shape index (κ2) is 11.5. The van der Waals surface area contributed by atoms with Crippen LogP contribution in [0.25, 0.3) is 0 Å². The van der Waals surface area contributed by atoms with Crippen LogP contribution in [-0.4, -0.2) is 58.0 Å². The number of hydrogen-bond acceptors (Lipinski definition) is 5. The highest BCUT2D eigenvalue weighted by atomic mass is 35.5. The van der Waals surface area contributed by atoms with Gasteiger partial charge in [-0.3, -0.25) is 13.9 Å². The second-order valence-corrected chi connectivity index (χ2v) is 11.2. The fraction of sp³-hybridized carbons (Fsp3) is 0.231. The van der Waals surface area contributed by atoms with E-state index >= 15 is 0 Å². The predicted octanol–water partition coefficient (Wildman–Crippen LogP) is 4.61. The molecule has 1 fully saturated rings. The summed E-state index contributed by atoms with van der Waals surface area (Å²) >= 11 is 12.3. The average molecular weight is 562 g/mol. The Morgan fingerprint density at radius 1 is 0.973 bits per heavy atom. The van der Waals surface area contributed by atoms with Gasteiger partial charge in [-0.15, -0.1) is 0 Å². The maximum atomic E-state index is 13.6. The van der Waals surface area contributed by atoms with Crippen LogP contribution in [-0.2, 0) is 19.6 Å². The van der Waals surface area contributed by atoms with Gasteiger partial charge in [-0.1, -0.05) is 53.0 Å². The van der Waals surface area contributed by atoms with Crippen LogP contribution in [0.2, 0.25) is 10.0 Å². The summed E-state index contributed by atoms with van der Waals surface area (Å²) in [5.41, 5.74) is 1.60. The molecule has 0 spiro atoms.